The largest absolute Gasteiger partial charge is 0.354 e. The molecule has 1 fully saturated rings. The second-order valence-corrected chi connectivity index (χ2v) is 6.80. The van der Waals surface area contributed by atoms with Gasteiger partial charge >= 0.3 is 0 Å². The standard InChI is InChI=1S/C18H14ClF2N3OS/c19-14-4-2-1-3-12(14)17-18(25-17,9-24-16(8-26)22-10-23-24)13-6-5-11(20)7-15(13)21/h1-8,10,16-17H,9H2,(H,22,23). The molecule has 0 bridgehead atoms. The van der Waals surface area contributed by atoms with Crippen LogP contribution in [0.25, 0.3) is 0 Å². The Kier molecular flexibility index (Phi) is 4.48. The number of hydrazine groups is 1. The minimum absolute atomic E-state index is 0.253. The Morgan fingerprint density at radius 3 is 2.85 bits per heavy atom. The molecule has 3 atom stereocenters. The van der Waals surface area contributed by atoms with Gasteiger partial charge in [-0.25, -0.2) is 13.8 Å². The van der Waals surface area contributed by atoms with Crippen molar-refractivity contribution < 1.29 is 13.5 Å². The molecule has 2 aromatic carbocycles. The number of aliphatic imine (C=N–C) groups is 1. The fraction of sp³-hybridized carbons (Fsp3) is 0.222. The molecule has 4 rings (SSSR count). The van der Waals surface area contributed by atoms with Crippen LogP contribution in [-0.2, 0) is 10.3 Å². The highest BCUT2D eigenvalue weighted by atomic mass is 35.5. The monoisotopic (exact) mass is 393 g/mol. The number of nitrogens with zero attached hydrogens (tertiary/aromatic N) is 2. The molecule has 2 aromatic rings. The van der Waals surface area contributed by atoms with E-state index in [1.165, 1.54) is 23.8 Å². The van der Waals surface area contributed by atoms with Crippen molar-refractivity contribution in [2.24, 2.45) is 4.99 Å². The van der Waals surface area contributed by atoms with Gasteiger partial charge in [0.15, 0.2) is 0 Å². The molecule has 1 N–H and O–H groups in total. The van der Waals surface area contributed by atoms with Crippen LogP contribution in [0.5, 0.6) is 0 Å². The van der Waals surface area contributed by atoms with Crippen LogP contribution in [0.15, 0.2) is 47.5 Å². The van der Waals surface area contributed by atoms with Gasteiger partial charge in [0, 0.05) is 27.6 Å². The van der Waals surface area contributed by atoms with Gasteiger partial charge in [-0.3, -0.25) is 0 Å². The van der Waals surface area contributed by atoms with E-state index in [0.29, 0.717) is 5.02 Å². The molecule has 4 nitrogen and oxygen atoms in total. The highest BCUT2D eigenvalue weighted by molar-refractivity contribution is 7.79. The Bertz CT molecular complexity index is 896. The molecular formula is C18H14ClF2N3OS. The molecule has 8 heteroatoms. The first-order chi connectivity index (χ1) is 12.5. The fourth-order valence-electron chi connectivity index (χ4n) is 3.26. The summed E-state index contributed by atoms with van der Waals surface area (Å²) in [5, 5.41) is 3.77. The van der Waals surface area contributed by atoms with Gasteiger partial charge in [-0.1, -0.05) is 48.1 Å². The predicted octanol–water partition coefficient (Wildman–Crippen LogP) is 3.76. The lowest BCUT2D eigenvalue weighted by molar-refractivity contribution is 0.158. The zero-order valence-corrected chi connectivity index (χ0v) is 15.0. The summed E-state index contributed by atoms with van der Waals surface area (Å²) in [5.41, 5.74) is 2.96. The Morgan fingerprint density at radius 1 is 1.31 bits per heavy atom. The molecule has 0 aliphatic carbocycles. The first kappa shape index (κ1) is 17.5. The normalized spacial score (nSPS) is 27.3. The van der Waals surface area contributed by atoms with Crippen molar-refractivity contribution in [3.05, 3.63) is 70.2 Å². The number of halogens is 3. The first-order valence-corrected chi connectivity index (χ1v) is 8.77. The molecule has 0 amide bonds. The van der Waals surface area contributed by atoms with E-state index < -0.39 is 23.3 Å². The van der Waals surface area contributed by atoms with E-state index in [1.54, 1.807) is 11.1 Å². The second-order valence-electron chi connectivity index (χ2n) is 6.12. The average Bonchev–Trinajstić information content (AvgIpc) is 3.14. The third-order valence-corrected chi connectivity index (χ3v) is 5.15. The maximum absolute atomic E-state index is 14.6. The van der Waals surface area contributed by atoms with Crippen molar-refractivity contribution in [3.8, 4) is 0 Å². The molecule has 2 heterocycles. The average molecular weight is 394 g/mol. The molecule has 2 aliphatic heterocycles. The quantitative estimate of drug-likeness (QED) is 0.620. The SMILES string of the molecule is Fc1ccc(C2(CN3NC=NC3C=S)OC2c2ccccc2Cl)c(F)c1. The molecule has 1 saturated heterocycles. The Labute approximate surface area is 159 Å². The van der Waals surface area contributed by atoms with Crippen molar-refractivity contribution in [1.82, 2.24) is 10.4 Å². The molecule has 3 unspecified atom stereocenters. The Morgan fingerprint density at radius 2 is 2.12 bits per heavy atom. The summed E-state index contributed by atoms with van der Waals surface area (Å²) >= 11 is 11.3. The van der Waals surface area contributed by atoms with Crippen LogP contribution >= 0.6 is 23.8 Å². The first-order valence-electron chi connectivity index (χ1n) is 7.93. The van der Waals surface area contributed by atoms with Gasteiger partial charge in [0.05, 0.1) is 12.9 Å². The predicted molar refractivity (Wildman–Crippen MR) is 99.1 cm³/mol. The number of ether oxygens (including phenoxy) is 1. The highest BCUT2D eigenvalue weighted by Crippen LogP contribution is 2.59. The summed E-state index contributed by atoms with van der Waals surface area (Å²) < 4.78 is 34.0. The van der Waals surface area contributed by atoms with Crippen LogP contribution in [0.3, 0.4) is 0 Å². The summed E-state index contributed by atoms with van der Waals surface area (Å²) in [4.78, 5) is 4.19. The Hall–Kier alpha value is -1.93. The Balaban J connectivity index is 1.74. The molecule has 0 saturated carbocycles. The molecule has 26 heavy (non-hydrogen) atoms. The van der Waals surface area contributed by atoms with Gasteiger partial charge in [0.2, 0.25) is 0 Å². The number of nitrogens with one attached hydrogen (secondary N) is 1. The summed E-state index contributed by atoms with van der Waals surface area (Å²) in [6, 6.07) is 10.7. The minimum atomic E-state index is -1.03. The fourth-order valence-corrected chi connectivity index (χ4v) is 3.71. The van der Waals surface area contributed by atoms with Crippen molar-refractivity contribution in [2.75, 3.05) is 6.54 Å². The lowest BCUT2D eigenvalue weighted by Crippen LogP contribution is -2.44. The van der Waals surface area contributed by atoms with Crippen molar-refractivity contribution in [3.63, 3.8) is 0 Å². The summed E-state index contributed by atoms with van der Waals surface area (Å²) in [7, 11) is 0. The molecule has 2 aliphatic rings. The van der Waals surface area contributed by atoms with Crippen LogP contribution in [0.2, 0.25) is 5.02 Å². The van der Waals surface area contributed by atoms with Gasteiger partial charge in [-0.05, 0) is 12.1 Å². The number of hydrogen-bond donors (Lipinski definition) is 1. The molecular weight excluding hydrogens is 380 g/mol. The number of thiocarbonyl (C=S) groups is 1. The van der Waals surface area contributed by atoms with Crippen LogP contribution in [0.4, 0.5) is 8.78 Å². The van der Waals surface area contributed by atoms with Crippen molar-refractivity contribution in [1.29, 1.82) is 0 Å². The third-order valence-electron chi connectivity index (χ3n) is 4.57. The van der Waals surface area contributed by atoms with Gasteiger partial charge in [-0.15, -0.1) is 0 Å². The summed E-state index contributed by atoms with van der Waals surface area (Å²) in [6.45, 7) is 0.253. The van der Waals surface area contributed by atoms with Gasteiger partial charge < -0.3 is 10.2 Å². The van der Waals surface area contributed by atoms with Gasteiger partial charge in [-0.2, -0.15) is 5.01 Å². The number of hydrogen-bond acceptors (Lipinski definition) is 5. The van der Waals surface area contributed by atoms with E-state index in [0.717, 1.165) is 11.6 Å². The van der Waals surface area contributed by atoms with Gasteiger partial charge in [0.1, 0.15) is 29.5 Å². The minimum Gasteiger partial charge on any atom is -0.354 e. The zero-order valence-electron chi connectivity index (χ0n) is 13.4. The number of epoxide rings is 1. The molecule has 134 valence electrons. The van der Waals surface area contributed by atoms with Gasteiger partial charge in [0.25, 0.3) is 0 Å². The van der Waals surface area contributed by atoms with E-state index in [-0.39, 0.29) is 18.3 Å². The maximum atomic E-state index is 14.6. The van der Waals surface area contributed by atoms with Crippen LogP contribution in [0, 0.1) is 11.6 Å². The third kappa shape index (κ3) is 2.91. The maximum Gasteiger partial charge on any atom is 0.149 e. The van der Waals surface area contributed by atoms with Crippen LogP contribution < -0.4 is 5.43 Å². The summed E-state index contributed by atoms with van der Waals surface area (Å²) in [6.07, 6.45) is 0.681. The van der Waals surface area contributed by atoms with E-state index >= 15 is 0 Å². The highest BCUT2D eigenvalue weighted by Gasteiger charge is 2.61. The lowest BCUT2D eigenvalue weighted by Gasteiger charge is -2.25. The second kappa shape index (κ2) is 6.66. The molecule has 0 spiro atoms. The van der Waals surface area contributed by atoms with Crippen molar-refractivity contribution in [2.45, 2.75) is 17.9 Å². The van der Waals surface area contributed by atoms with E-state index in [1.807, 2.05) is 18.2 Å². The molecule has 0 radical (unpaired) electrons. The molecule has 0 aromatic heterocycles. The summed E-state index contributed by atoms with van der Waals surface area (Å²) in [5.74, 6) is -1.31. The zero-order chi connectivity index (χ0) is 18.3. The van der Waals surface area contributed by atoms with E-state index in [9.17, 15) is 8.78 Å². The topological polar surface area (TPSA) is 40.2 Å². The lowest BCUT2D eigenvalue weighted by atomic mass is 9.90. The van der Waals surface area contributed by atoms with Crippen LogP contribution in [0.1, 0.15) is 17.2 Å². The smallest absolute Gasteiger partial charge is 0.149 e. The number of benzene rings is 2. The van der Waals surface area contributed by atoms with Crippen LogP contribution in [-0.4, -0.2) is 29.4 Å². The van der Waals surface area contributed by atoms with E-state index in [4.69, 9.17) is 28.6 Å². The van der Waals surface area contributed by atoms with E-state index in [2.05, 4.69) is 10.4 Å². The van der Waals surface area contributed by atoms with Crippen molar-refractivity contribution >= 4 is 35.5 Å². The number of rotatable bonds is 5.